The molecule has 0 aromatic heterocycles. The molecule has 0 aliphatic heterocycles. The third-order valence-electron chi connectivity index (χ3n) is 9.37. The highest BCUT2D eigenvalue weighted by Gasteiger charge is 2.43. The molecular weight excluding hydrogens is 693 g/mol. The van der Waals surface area contributed by atoms with Gasteiger partial charge in [0.2, 0.25) is 0 Å². The molecule has 1 N–H and O–H groups in total. The van der Waals surface area contributed by atoms with Crippen molar-refractivity contribution in [2.75, 3.05) is 0 Å². The van der Waals surface area contributed by atoms with Crippen LogP contribution in [0.4, 0.5) is 26.3 Å². The molecule has 0 bridgehead atoms. The molecule has 49 heavy (non-hydrogen) atoms. The van der Waals surface area contributed by atoms with Gasteiger partial charge in [-0.15, -0.1) is 0 Å². The van der Waals surface area contributed by atoms with Crippen molar-refractivity contribution < 1.29 is 45.7 Å². The highest BCUT2D eigenvalue weighted by atomic mass is 35.5. The van der Waals surface area contributed by atoms with Gasteiger partial charge in [0.1, 0.15) is 17.8 Å². The highest BCUT2D eigenvalue weighted by Crippen LogP contribution is 2.42. The number of carbonyl (C=O) groups is 1. The number of fused-ring (bicyclic) bond motifs is 2. The average molecular weight is 730 g/mol. The van der Waals surface area contributed by atoms with E-state index in [9.17, 15) is 36.2 Å². The fourth-order valence-electron chi connectivity index (χ4n) is 6.45. The number of hydrogen-bond acceptors (Lipinski definition) is 4. The maximum absolute atomic E-state index is 12.8. The second-order valence-electron chi connectivity index (χ2n) is 12.8. The number of carbonyl (C=O) groups excluding carboxylic acids is 1. The van der Waals surface area contributed by atoms with Crippen LogP contribution in [0.5, 0.6) is 11.5 Å². The second-order valence-corrected chi connectivity index (χ2v) is 13.5. The van der Waals surface area contributed by atoms with Crippen molar-refractivity contribution in [3.63, 3.8) is 0 Å². The van der Waals surface area contributed by atoms with Crippen LogP contribution in [-0.4, -0.2) is 36.0 Å². The maximum atomic E-state index is 12.8. The van der Waals surface area contributed by atoms with Crippen LogP contribution < -0.4 is 9.47 Å². The molecule has 1 unspecified atom stereocenters. The van der Waals surface area contributed by atoms with Crippen molar-refractivity contribution in [1.82, 2.24) is 0 Å². The molecule has 4 aromatic carbocycles. The molecule has 4 nitrogen and oxygen atoms in total. The van der Waals surface area contributed by atoms with Crippen molar-refractivity contribution in [2.24, 2.45) is 11.8 Å². The fourth-order valence-corrected chi connectivity index (χ4v) is 6.99. The fraction of sp³-hybridized carbons (Fsp3) is 0.432. The van der Waals surface area contributed by atoms with Gasteiger partial charge in [-0.05, 0) is 98.9 Å². The number of halogens is 8. The molecule has 12 heteroatoms. The first kappa shape index (κ1) is 37.1. The summed E-state index contributed by atoms with van der Waals surface area (Å²) < 4.78 is 88.1. The standard InChI is InChI=1S/C19H20ClF3O2.C18H16ClF3O2/c1-11(24)13-3-2-12-4-9-17(18(20)16(12)10-13)25-15-7-5-14(6-8-15)19(21,22)23;19-17-15-9-11(10-23)1-2-12(15)3-8-16(17)24-14-6-4-13(5-7-14)18(20,21)22/h2-4,9-11,14-15,24H,5-8H2,1H3;1-3,8-10,13-14H,4-7H2. The van der Waals surface area contributed by atoms with Crippen molar-refractivity contribution in [2.45, 2.75) is 89.0 Å². The van der Waals surface area contributed by atoms with Crippen LogP contribution in [-0.2, 0) is 0 Å². The van der Waals surface area contributed by atoms with Gasteiger partial charge in [-0.2, -0.15) is 26.3 Å². The van der Waals surface area contributed by atoms with E-state index >= 15 is 0 Å². The van der Waals surface area contributed by atoms with Gasteiger partial charge in [0.05, 0.1) is 40.2 Å². The number of aliphatic hydroxyl groups is 1. The minimum atomic E-state index is -4.13. The maximum Gasteiger partial charge on any atom is 0.391 e. The molecule has 0 heterocycles. The minimum Gasteiger partial charge on any atom is -0.489 e. The van der Waals surface area contributed by atoms with Crippen LogP contribution in [0.25, 0.3) is 21.5 Å². The quantitative estimate of drug-likeness (QED) is 0.159. The topological polar surface area (TPSA) is 55.8 Å². The molecule has 0 amide bonds. The van der Waals surface area contributed by atoms with Gasteiger partial charge in [0.15, 0.2) is 0 Å². The van der Waals surface area contributed by atoms with Crippen LogP contribution in [0.2, 0.25) is 10.0 Å². The Bertz CT molecular complexity index is 1760. The summed E-state index contributed by atoms with van der Waals surface area (Å²) in [5.74, 6) is -1.54. The first-order chi connectivity index (χ1) is 23.1. The minimum absolute atomic E-state index is 0.0780. The van der Waals surface area contributed by atoms with Crippen molar-refractivity contribution in [3.05, 3.63) is 81.8 Å². The van der Waals surface area contributed by atoms with E-state index in [1.807, 2.05) is 30.3 Å². The normalized spacial score (nSPS) is 22.2. The number of benzene rings is 4. The summed E-state index contributed by atoms with van der Waals surface area (Å²) in [7, 11) is 0. The first-order valence-corrected chi connectivity index (χ1v) is 16.9. The molecule has 0 saturated heterocycles. The van der Waals surface area contributed by atoms with E-state index < -0.39 is 30.3 Å². The highest BCUT2D eigenvalue weighted by molar-refractivity contribution is 6.37. The third-order valence-corrected chi connectivity index (χ3v) is 10.1. The predicted molar refractivity (Wildman–Crippen MR) is 179 cm³/mol. The van der Waals surface area contributed by atoms with Crippen LogP contribution in [0.15, 0.2) is 60.7 Å². The molecule has 2 aliphatic carbocycles. The van der Waals surface area contributed by atoms with E-state index in [0.29, 0.717) is 58.2 Å². The monoisotopic (exact) mass is 728 g/mol. The van der Waals surface area contributed by atoms with E-state index in [2.05, 4.69) is 0 Å². The Morgan fingerprint density at radius 1 is 0.673 bits per heavy atom. The number of rotatable bonds is 6. The Labute approximate surface area is 290 Å². The molecular formula is C37H36Cl2F6O4. The van der Waals surface area contributed by atoms with Gasteiger partial charge in [-0.3, -0.25) is 4.79 Å². The SMILES string of the molecule is CC(O)c1ccc2ccc(OC3CCC(C(F)(F)F)CC3)c(Cl)c2c1.O=Cc1ccc2ccc(OC3CCC(C(F)(F)F)CC3)c(Cl)c2c1. The molecule has 6 rings (SSSR count). The van der Waals surface area contributed by atoms with Crippen LogP contribution in [0.3, 0.4) is 0 Å². The lowest BCUT2D eigenvalue weighted by Crippen LogP contribution is -2.31. The van der Waals surface area contributed by atoms with Gasteiger partial charge >= 0.3 is 12.4 Å². The van der Waals surface area contributed by atoms with Crippen molar-refractivity contribution in [1.29, 1.82) is 0 Å². The lowest BCUT2D eigenvalue weighted by atomic mass is 9.87. The summed E-state index contributed by atoms with van der Waals surface area (Å²) >= 11 is 12.8. The molecule has 264 valence electrons. The second kappa shape index (κ2) is 15.4. The lowest BCUT2D eigenvalue weighted by molar-refractivity contribution is -0.186. The van der Waals surface area contributed by atoms with E-state index in [0.717, 1.165) is 28.0 Å². The molecule has 1 atom stereocenters. The summed E-state index contributed by atoms with van der Waals surface area (Å²) in [4.78, 5) is 10.9. The van der Waals surface area contributed by atoms with Crippen LogP contribution >= 0.6 is 23.2 Å². The Hall–Kier alpha value is -3.21. The van der Waals surface area contributed by atoms with Gasteiger partial charge in [-0.25, -0.2) is 0 Å². The zero-order chi connectivity index (χ0) is 35.5. The summed E-state index contributed by atoms with van der Waals surface area (Å²) in [6.45, 7) is 1.68. The van der Waals surface area contributed by atoms with Gasteiger partial charge < -0.3 is 14.6 Å². The zero-order valence-electron chi connectivity index (χ0n) is 26.6. The Morgan fingerprint density at radius 3 is 1.49 bits per heavy atom. The molecule has 4 aromatic rings. The molecule has 0 spiro atoms. The summed E-state index contributed by atoms with van der Waals surface area (Å²) in [5.41, 5.74) is 1.25. The molecule has 0 radical (unpaired) electrons. The Kier molecular flexibility index (Phi) is 11.6. The van der Waals surface area contributed by atoms with E-state index in [1.165, 1.54) is 0 Å². The number of alkyl halides is 6. The predicted octanol–water partition coefficient (Wildman–Crippen LogP) is 11.9. The van der Waals surface area contributed by atoms with Crippen molar-refractivity contribution >= 4 is 51.0 Å². The van der Waals surface area contributed by atoms with Crippen LogP contribution in [0.1, 0.15) is 80.3 Å². The van der Waals surface area contributed by atoms with Crippen LogP contribution in [0, 0.1) is 11.8 Å². The van der Waals surface area contributed by atoms with E-state index in [1.54, 1.807) is 37.3 Å². The number of hydrogen-bond donors (Lipinski definition) is 1. The third kappa shape index (κ3) is 9.13. The van der Waals surface area contributed by atoms with E-state index in [4.69, 9.17) is 32.7 Å². The van der Waals surface area contributed by atoms with Gasteiger partial charge in [0.25, 0.3) is 0 Å². The Morgan fingerprint density at radius 2 is 1.08 bits per heavy atom. The Balaban J connectivity index is 0.000000191. The zero-order valence-corrected chi connectivity index (χ0v) is 28.1. The number of aliphatic hydroxyl groups excluding tert-OH is 1. The molecule has 2 fully saturated rings. The van der Waals surface area contributed by atoms with Gasteiger partial charge in [0, 0.05) is 16.3 Å². The summed E-state index contributed by atoms with van der Waals surface area (Å²) in [5, 5.41) is 13.8. The average Bonchev–Trinajstić information content (AvgIpc) is 3.07. The molecule has 2 aliphatic rings. The van der Waals surface area contributed by atoms with E-state index in [-0.39, 0.29) is 37.9 Å². The number of ether oxygens (including phenoxy) is 2. The summed E-state index contributed by atoms with van der Waals surface area (Å²) in [6, 6.07) is 17.9. The largest absolute Gasteiger partial charge is 0.489 e. The lowest BCUT2D eigenvalue weighted by Gasteiger charge is -2.30. The first-order valence-electron chi connectivity index (χ1n) is 16.2. The number of aldehydes is 1. The van der Waals surface area contributed by atoms with Gasteiger partial charge in [-0.1, -0.05) is 59.6 Å². The summed E-state index contributed by atoms with van der Waals surface area (Å²) in [6.07, 6.45) is -6.87. The molecule has 2 saturated carbocycles. The van der Waals surface area contributed by atoms with Crippen molar-refractivity contribution in [3.8, 4) is 11.5 Å². The smallest absolute Gasteiger partial charge is 0.391 e.